The Hall–Kier alpha value is -1.91. The third-order valence-electron chi connectivity index (χ3n) is 5.17. The quantitative estimate of drug-likeness (QED) is 0.787. The molecule has 1 aromatic rings. The molecule has 0 unspecified atom stereocenters. The standard InChI is InChI=1S/C19H25FN2O2/c20-15-8-6-14(7-9-15)10-13-21-17(23)19(11-12-19)18(24)22-16-4-2-1-3-5-16/h6-9,16H,1-5,10-13H2,(H,21,23)(H,22,24). The lowest BCUT2D eigenvalue weighted by molar-refractivity contribution is -0.137. The molecule has 0 radical (unpaired) electrons. The van der Waals surface area contributed by atoms with Crippen molar-refractivity contribution >= 4 is 11.8 Å². The van der Waals surface area contributed by atoms with E-state index in [1.807, 2.05) is 0 Å². The predicted octanol–water partition coefficient (Wildman–Crippen LogP) is 2.71. The summed E-state index contributed by atoms with van der Waals surface area (Å²) in [5, 5.41) is 5.95. The van der Waals surface area contributed by atoms with Crippen molar-refractivity contribution in [3.63, 3.8) is 0 Å². The number of carbonyl (C=O) groups is 2. The van der Waals surface area contributed by atoms with E-state index in [-0.39, 0.29) is 23.7 Å². The molecule has 0 aromatic heterocycles. The lowest BCUT2D eigenvalue weighted by Crippen LogP contribution is -2.47. The van der Waals surface area contributed by atoms with E-state index in [4.69, 9.17) is 0 Å². The van der Waals surface area contributed by atoms with Gasteiger partial charge < -0.3 is 10.6 Å². The topological polar surface area (TPSA) is 58.2 Å². The molecule has 5 heteroatoms. The number of hydrogen-bond acceptors (Lipinski definition) is 2. The first-order valence-corrected chi connectivity index (χ1v) is 8.94. The molecule has 0 saturated heterocycles. The molecule has 0 bridgehead atoms. The Balaban J connectivity index is 1.46. The zero-order valence-corrected chi connectivity index (χ0v) is 13.9. The average molecular weight is 332 g/mol. The van der Waals surface area contributed by atoms with E-state index in [0.29, 0.717) is 25.8 Å². The van der Waals surface area contributed by atoms with E-state index in [1.165, 1.54) is 18.6 Å². The van der Waals surface area contributed by atoms with Crippen LogP contribution in [-0.4, -0.2) is 24.4 Å². The fourth-order valence-corrected chi connectivity index (χ4v) is 3.39. The van der Waals surface area contributed by atoms with Crippen LogP contribution in [0.25, 0.3) is 0 Å². The second-order valence-electron chi connectivity index (χ2n) is 7.02. The number of halogens is 1. The zero-order valence-electron chi connectivity index (χ0n) is 13.9. The largest absolute Gasteiger partial charge is 0.355 e. The molecule has 2 fully saturated rings. The van der Waals surface area contributed by atoms with E-state index >= 15 is 0 Å². The number of nitrogens with one attached hydrogen (secondary N) is 2. The zero-order chi connectivity index (χ0) is 17.0. The van der Waals surface area contributed by atoms with Crippen LogP contribution in [-0.2, 0) is 16.0 Å². The molecule has 2 aliphatic carbocycles. The first-order valence-electron chi connectivity index (χ1n) is 8.94. The van der Waals surface area contributed by atoms with Gasteiger partial charge >= 0.3 is 0 Å². The van der Waals surface area contributed by atoms with E-state index < -0.39 is 5.41 Å². The lowest BCUT2D eigenvalue weighted by Gasteiger charge is -2.25. The highest BCUT2D eigenvalue weighted by molar-refractivity contribution is 6.07. The Morgan fingerprint density at radius 2 is 1.71 bits per heavy atom. The molecule has 3 rings (SSSR count). The van der Waals surface area contributed by atoms with Gasteiger partial charge in [-0.3, -0.25) is 9.59 Å². The first kappa shape index (κ1) is 16.9. The van der Waals surface area contributed by atoms with Crippen molar-refractivity contribution < 1.29 is 14.0 Å². The Labute approximate surface area is 142 Å². The number of carbonyl (C=O) groups excluding carboxylic acids is 2. The fourth-order valence-electron chi connectivity index (χ4n) is 3.39. The van der Waals surface area contributed by atoms with Gasteiger partial charge in [0.05, 0.1) is 0 Å². The van der Waals surface area contributed by atoms with Crippen molar-refractivity contribution in [2.24, 2.45) is 5.41 Å². The molecular weight excluding hydrogens is 307 g/mol. The lowest BCUT2D eigenvalue weighted by atomic mass is 9.94. The Bertz CT molecular complexity index is 590. The van der Waals surface area contributed by atoms with Crippen LogP contribution in [0.2, 0.25) is 0 Å². The molecule has 2 aliphatic rings. The summed E-state index contributed by atoms with van der Waals surface area (Å²) >= 11 is 0. The molecule has 130 valence electrons. The summed E-state index contributed by atoms with van der Waals surface area (Å²) in [4.78, 5) is 24.9. The van der Waals surface area contributed by atoms with Crippen LogP contribution in [0, 0.1) is 11.2 Å². The minimum atomic E-state index is -0.847. The molecule has 24 heavy (non-hydrogen) atoms. The van der Waals surface area contributed by atoms with Crippen LogP contribution in [0.4, 0.5) is 4.39 Å². The maximum absolute atomic E-state index is 12.9. The summed E-state index contributed by atoms with van der Waals surface area (Å²) < 4.78 is 12.9. The molecule has 2 N–H and O–H groups in total. The van der Waals surface area contributed by atoms with E-state index in [9.17, 15) is 14.0 Å². The van der Waals surface area contributed by atoms with Crippen molar-refractivity contribution in [3.8, 4) is 0 Å². The summed E-state index contributed by atoms with van der Waals surface area (Å²) in [6.45, 7) is 0.461. The van der Waals surface area contributed by atoms with Crippen molar-refractivity contribution in [2.45, 2.75) is 57.4 Å². The molecule has 1 aromatic carbocycles. The van der Waals surface area contributed by atoms with E-state index in [2.05, 4.69) is 10.6 Å². The van der Waals surface area contributed by atoms with Gasteiger partial charge in [-0.05, 0) is 49.8 Å². The molecular formula is C19H25FN2O2. The third kappa shape index (κ3) is 3.94. The van der Waals surface area contributed by atoms with Crippen molar-refractivity contribution in [3.05, 3.63) is 35.6 Å². The summed E-state index contributed by atoms with van der Waals surface area (Å²) in [5.41, 5.74) is 0.119. The van der Waals surface area contributed by atoms with Gasteiger partial charge in [-0.1, -0.05) is 31.4 Å². The van der Waals surface area contributed by atoms with Crippen molar-refractivity contribution in [2.75, 3.05) is 6.54 Å². The molecule has 0 spiro atoms. The van der Waals surface area contributed by atoms with Crippen LogP contribution in [0.1, 0.15) is 50.5 Å². The molecule has 0 aliphatic heterocycles. The summed E-state index contributed by atoms with van der Waals surface area (Å²) in [5.74, 6) is -0.536. The van der Waals surface area contributed by atoms with Crippen LogP contribution in [0.5, 0.6) is 0 Å². The van der Waals surface area contributed by atoms with Gasteiger partial charge in [0.15, 0.2) is 0 Å². The summed E-state index contributed by atoms with van der Waals surface area (Å²) in [7, 11) is 0. The highest BCUT2D eigenvalue weighted by atomic mass is 19.1. The first-order chi connectivity index (χ1) is 11.6. The normalized spacial score (nSPS) is 19.5. The van der Waals surface area contributed by atoms with Gasteiger partial charge in [-0.15, -0.1) is 0 Å². The van der Waals surface area contributed by atoms with Gasteiger partial charge in [0.25, 0.3) is 0 Å². The Morgan fingerprint density at radius 1 is 1.04 bits per heavy atom. The summed E-state index contributed by atoms with van der Waals surface area (Å²) in [6, 6.07) is 6.48. The monoisotopic (exact) mass is 332 g/mol. The van der Waals surface area contributed by atoms with Crippen LogP contribution >= 0.6 is 0 Å². The van der Waals surface area contributed by atoms with E-state index in [1.54, 1.807) is 12.1 Å². The SMILES string of the molecule is O=C(NCCc1ccc(F)cc1)C1(C(=O)NC2CCCCC2)CC1. The third-order valence-corrected chi connectivity index (χ3v) is 5.17. The molecule has 2 saturated carbocycles. The van der Waals surface area contributed by atoms with Crippen molar-refractivity contribution in [1.29, 1.82) is 0 Å². The number of benzene rings is 1. The average Bonchev–Trinajstić information content (AvgIpc) is 3.39. The number of hydrogen-bond donors (Lipinski definition) is 2. The fraction of sp³-hybridized carbons (Fsp3) is 0.579. The molecule has 2 amide bonds. The Kier molecular flexibility index (Phi) is 5.17. The van der Waals surface area contributed by atoms with Gasteiger partial charge in [-0.25, -0.2) is 4.39 Å². The highest BCUT2D eigenvalue weighted by Gasteiger charge is 2.56. The smallest absolute Gasteiger partial charge is 0.235 e. The molecule has 0 heterocycles. The molecule has 0 atom stereocenters. The van der Waals surface area contributed by atoms with E-state index in [0.717, 1.165) is 31.2 Å². The highest BCUT2D eigenvalue weighted by Crippen LogP contribution is 2.46. The predicted molar refractivity (Wildman–Crippen MR) is 89.8 cm³/mol. The maximum Gasteiger partial charge on any atom is 0.235 e. The maximum atomic E-state index is 12.9. The summed E-state index contributed by atoms with van der Waals surface area (Å²) in [6.07, 6.45) is 7.49. The van der Waals surface area contributed by atoms with Crippen LogP contribution in [0.3, 0.4) is 0 Å². The van der Waals surface area contributed by atoms with Gasteiger partial charge in [-0.2, -0.15) is 0 Å². The van der Waals surface area contributed by atoms with Crippen LogP contribution in [0.15, 0.2) is 24.3 Å². The van der Waals surface area contributed by atoms with Crippen LogP contribution < -0.4 is 10.6 Å². The number of rotatable bonds is 6. The second-order valence-corrected chi connectivity index (χ2v) is 7.02. The van der Waals surface area contributed by atoms with Gasteiger partial charge in [0.2, 0.25) is 11.8 Å². The number of amides is 2. The van der Waals surface area contributed by atoms with Crippen molar-refractivity contribution in [1.82, 2.24) is 10.6 Å². The Morgan fingerprint density at radius 3 is 2.33 bits per heavy atom. The molecule has 4 nitrogen and oxygen atoms in total. The minimum Gasteiger partial charge on any atom is -0.355 e. The minimum absolute atomic E-state index is 0.103. The van der Waals surface area contributed by atoms with Gasteiger partial charge in [0.1, 0.15) is 11.2 Å². The van der Waals surface area contributed by atoms with Gasteiger partial charge in [0, 0.05) is 12.6 Å². The second kappa shape index (κ2) is 7.32.